The monoisotopic (exact) mass is 110 g/mol. The van der Waals surface area contributed by atoms with Gasteiger partial charge in [-0.2, -0.15) is 0 Å². The lowest BCUT2D eigenvalue weighted by Gasteiger charge is -1.67. The molecule has 0 amide bonds. The van der Waals surface area contributed by atoms with Gasteiger partial charge in [0.1, 0.15) is 6.29 Å². The third-order valence-corrected chi connectivity index (χ3v) is 0.654. The molecule has 0 saturated carbocycles. The number of carbonyl (C=O) groups excluding carboxylic acids is 1. The van der Waals surface area contributed by atoms with Gasteiger partial charge in [-0.25, -0.2) is 0 Å². The quantitative estimate of drug-likeness (QED) is 0.399. The lowest BCUT2D eigenvalue weighted by molar-refractivity contribution is -0.107. The first kappa shape index (κ1) is 7.19. The molecule has 0 aliphatic rings. The van der Waals surface area contributed by atoms with Crippen LogP contribution in [-0.4, -0.2) is 6.29 Å². The van der Waals surface area contributed by atoms with Gasteiger partial charge >= 0.3 is 0 Å². The predicted octanol–water partition coefficient (Wildman–Crippen LogP) is 1.70. The maximum Gasteiger partial charge on any atom is 0.124 e. The van der Waals surface area contributed by atoms with Gasteiger partial charge in [0.15, 0.2) is 0 Å². The minimum Gasteiger partial charge on any atom is -0.303 e. The van der Waals surface area contributed by atoms with Crippen molar-refractivity contribution in [2.24, 2.45) is 0 Å². The Morgan fingerprint density at radius 3 is 2.75 bits per heavy atom. The highest BCUT2D eigenvalue weighted by atomic mass is 16.1. The predicted molar refractivity (Wildman–Crippen MR) is 33.6 cm³/mol. The second kappa shape index (κ2) is 6.19. The smallest absolute Gasteiger partial charge is 0.124 e. The second-order valence-corrected chi connectivity index (χ2v) is 1.39. The third kappa shape index (κ3) is 5.19. The van der Waals surface area contributed by atoms with E-state index in [1.165, 1.54) is 0 Å². The van der Waals surface area contributed by atoms with Crippen molar-refractivity contribution in [1.29, 1.82) is 0 Å². The molecule has 1 heteroatoms. The third-order valence-electron chi connectivity index (χ3n) is 0.654. The van der Waals surface area contributed by atoms with E-state index < -0.39 is 0 Å². The Morgan fingerprint density at radius 1 is 1.50 bits per heavy atom. The molecular formula is C7H10O. The summed E-state index contributed by atoms with van der Waals surface area (Å²) in [6.07, 6.45) is 5.93. The first-order chi connectivity index (χ1) is 3.91. The summed E-state index contributed by atoms with van der Waals surface area (Å²) in [5.41, 5.74) is 2.85. The summed E-state index contributed by atoms with van der Waals surface area (Å²) in [7, 11) is 0. The average Bonchev–Trinajstić information content (AvgIpc) is 1.81. The van der Waals surface area contributed by atoms with E-state index in [0.29, 0.717) is 6.42 Å². The molecule has 0 fully saturated rings. The van der Waals surface area contributed by atoms with Gasteiger partial charge in [0.25, 0.3) is 0 Å². The first-order valence-corrected chi connectivity index (χ1v) is 2.74. The highest BCUT2D eigenvalue weighted by Crippen LogP contribution is 1.76. The minimum absolute atomic E-state index is 0.483. The van der Waals surface area contributed by atoms with E-state index in [1.54, 1.807) is 6.08 Å². The van der Waals surface area contributed by atoms with Gasteiger partial charge < -0.3 is 4.79 Å². The number of rotatable bonds is 3. The number of aldehydes is 1. The Kier molecular flexibility index (Phi) is 5.56. The SMILES string of the molecule is CCC=C=CCC=O. The zero-order valence-electron chi connectivity index (χ0n) is 5.05. The lowest BCUT2D eigenvalue weighted by Crippen LogP contribution is -1.61. The van der Waals surface area contributed by atoms with E-state index in [2.05, 4.69) is 5.73 Å². The number of allylic oxidation sites excluding steroid dienone is 1. The molecule has 0 aromatic carbocycles. The minimum atomic E-state index is 0.483. The van der Waals surface area contributed by atoms with Crippen LogP contribution < -0.4 is 0 Å². The van der Waals surface area contributed by atoms with Crippen LogP contribution >= 0.6 is 0 Å². The van der Waals surface area contributed by atoms with Crippen molar-refractivity contribution < 1.29 is 4.79 Å². The molecule has 0 N–H and O–H groups in total. The Morgan fingerprint density at radius 2 is 2.25 bits per heavy atom. The topological polar surface area (TPSA) is 17.1 Å². The summed E-state index contributed by atoms with van der Waals surface area (Å²) in [4.78, 5) is 9.68. The molecule has 0 atom stereocenters. The van der Waals surface area contributed by atoms with Crippen LogP contribution in [-0.2, 0) is 4.79 Å². The van der Waals surface area contributed by atoms with E-state index in [0.717, 1.165) is 12.7 Å². The van der Waals surface area contributed by atoms with E-state index in [4.69, 9.17) is 0 Å². The van der Waals surface area contributed by atoms with Crippen LogP contribution in [0.15, 0.2) is 17.9 Å². The number of carbonyl (C=O) groups is 1. The van der Waals surface area contributed by atoms with Crippen LogP contribution in [0.5, 0.6) is 0 Å². The van der Waals surface area contributed by atoms with Crippen LogP contribution in [0.25, 0.3) is 0 Å². The van der Waals surface area contributed by atoms with Gasteiger partial charge in [-0.15, -0.1) is 5.73 Å². The van der Waals surface area contributed by atoms with Crippen LogP contribution in [0.2, 0.25) is 0 Å². The van der Waals surface area contributed by atoms with Gasteiger partial charge in [-0.3, -0.25) is 0 Å². The fourth-order valence-electron chi connectivity index (χ4n) is 0.317. The molecule has 0 aromatic rings. The van der Waals surface area contributed by atoms with Crippen molar-refractivity contribution in [3.05, 3.63) is 17.9 Å². The van der Waals surface area contributed by atoms with Gasteiger partial charge in [0.2, 0.25) is 0 Å². The Hall–Kier alpha value is -0.810. The van der Waals surface area contributed by atoms with Gasteiger partial charge in [0.05, 0.1) is 0 Å². The van der Waals surface area contributed by atoms with Crippen LogP contribution in [0, 0.1) is 0 Å². The summed E-state index contributed by atoms with van der Waals surface area (Å²) in [5, 5.41) is 0. The van der Waals surface area contributed by atoms with E-state index in [9.17, 15) is 4.79 Å². The van der Waals surface area contributed by atoms with Crippen LogP contribution in [0.1, 0.15) is 19.8 Å². The molecule has 8 heavy (non-hydrogen) atoms. The number of hydrogen-bond acceptors (Lipinski definition) is 1. The van der Waals surface area contributed by atoms with E-state index in [1.807, 2.05) is 13.0 Å². The van der Waals surface area contributed by atoms with E-state index in [-0.39, 0.29) is 0 Å². The van der Waals surface area contributed by atoms with Crippen molar-refractivity contribution in [1.82, 2.24) is 0 Å². The molecule has 1 nitrogen and oxygen atoms in total. The van der Waals surface area contributed by atoms with Gasteiger partial charge in [0, 0.05) is 6.42 Å². The Labute approximate surface area is 49.7 Å². The molecule has 0 rings (SSSR count). The molecule has 0 radical (unpaired) electrons. The Bertz CT molecular complexity index is 108. The fraction of sp³-hybridized carbons (Fsp3) is 0.429. The first-order valence-electron chi connectivity index (χ1n) is 2.74. The summed E-state index contributed by atoms with van der Waals surface area (Å²) in [6.45, 7) is 2.03. The molecule has 0 aliphatic carbocycles. The Balaban J connectivity index is 3.31. The molecule has 0 aliphatic heterocycles. The van der Waals surface area contributed by atoms with Crippen molar-refractivity contribution >= 4 is 6.29 Å². The summed E-state index contributed by atoms with van der Waals surface area (Å²) < 4.78 is 0. The van der Waals surface area contributed by atoms with Crippen molar-refractivity contribution in [2.45, 2.75) is 19.8 Å². The summed E-state index contributed by atoms with van der Waals surface area (Å²) >= 11 is 0. The molecule has 44 valence electrons. The summed E-state index contributed by atoms with van der Waals surface area (Å²) in [5.74, 6) is 0. The highest BCUT2D eigenvalue weighted by Gasteiger charge is 1.64. The zero-order valence-corrected chi connectivity index (χ0v) is 5.05. The molecule has 0 unspecified atom stereocenters. The molecule has 0 spiro atoms. The maximum absolute atomic E-state index is 9.68. The second-order valence-electron chi connectivity index (χ2n) is 1.39. The molecule has 0 aromatic heterocycles. The van der Waals surface area contributed by atoms with Crippen LogP contribution in [0.4, 0.5) is 0 Å². The largest absolute Gasteiger partial charge is 0.303 e. The zero-order chi connectivity index (χ0) is 6.24. The number of hydrogen-bond donors (Lipinski definition) is 0. The van der Waals surface area contributed by atoms with Crippen LogP contribution in [0.3, 0.4) is 0 Å². The molecule has 0 heterocycles. The molecular weight excluding hydrogens is 100 g/mol. The highest BCUT2D eigenvalue weighted by molar-refractivity contribution is 5.51. The maximum atomic E-state index is 9.68. The normalized spacial score (nSPS) is 7.12. The van der Waals surface area contributed by atoms with E-state index >= 15 is 0 Å². The van der Waals surface area contributed by atoms with Crippen molar-refractivity contribution in [3.8, 4) is 0 Å². The summed E-state index contributed by atoms with van der Waals surface area (Å²) in [6, 6.07) is 0. The fourth-order valence-corrected chi connectivity index (χ4v) is 0.317. The lowest BCUT2D eigenvalue weighted by atomic mass is 10.4. The standard InChI is InChI=1S/C7H10O/c1-2-3-4-5-6-7-8/h3,5,7H,2,6H2,1H3. The van der Waals surface area contributed by atoms with Crippen molar-refractivity contribution in [3.63, 3.8) is 0 Å². The van der Waals surface area contributed by atoms with Gasteiger partial charge in [-0.1, -0.05) is 6.92 Å². The van der Waals surface area contributed by atoms with Gasteiger partial charge in [-0.05, 0) is 18.6 Å². The average molecular weight is 110 g/mol. The molecule has 0 bridgehead atoms. The van der Waals surface area contributed by atoms with Crippen molar-refractivity contribution in [2.75, 3.05) is 0 Å². The molecule has 0 saturated heterocycles.